The van der Waals surface area contributed by atoms with Crippen LogP contribution in [0, 0.1) is 0 Å². The lowest BCUT2D eigenvalue weighted by Gasteiger charge is -2.20. The van der Waals surface area contributed by atoms with E-state index in [1.807, 2.05) is 37.3 Å². The molecule has 3 N–H and O–H groups in total. The fraction of sp³-hybridized carbons (Fsp3) is 0.250. The molecule has 33 heavy (non-hydrogen) atoms. The van der Waals surface area contributed by atoms with E-state index >= 15 is 0 Å². The summed E-state index contributed by atoms with van der Waals surface area (Å²) in [5.74, 6) is -0.115. The SMILES string of the molecule is CC(NC(=O)c1cnc(Cl)nc1Nc1cccc(NC(=O)OC(C)(C)C)c1)c1ccccc1. The third-order valence-corrected chi connectivity index (χ3v) is 4.60. The summed E-state index contributed by atoms with van der Waals surface area (Å²) in [5.41, 5.74) is 1.68. The van der Waals surface area contributed by atoms with E-state index < -0.39 is 11.7 Å². The first-order valence-corrected chi connectivity index (χ1v) is 10.7. The van der Waals surface area contributed by atoms with Crippen molar-refractivity contribution >= 4 is 40.8 Å². The summed E-state index contributed by atoms with van der Waals surface area (Å²) in [4.78, 5) is 33.1. The van der Waals surface area contributed by atoms with Crippen molar-refractivity contribution in [2.75, 3.05) is 10.6 Å². The second kappa shape index (κ2) is 10.3. The van der Waals surface area contributed by atoms with Crippen LogP contribution in [0.25, 0.3) is 0 Å². The number of ether oxygens (including phenoxy) is 1. The Kier molecular flexibility index (Phi) is 7.50. The molecule has 1 aromatic heterocycles. The summed E-state index contributed by atoms with van der Waals surface area (Å²) in [6, 6.07) is 16.3. The van der Waals surface area contributed by atoms with Crippen molar-refractivity contribution in [1.82, 2.24) is 15.3 Å². The first kappa shape index (κ1) is 24.0. The number of benzene rings is 2. The molecule has 0 radical (unpaired) electrons. The molecule has 0 aliphatic heterocycles. The maximum Gasteiger partial charge on any atom is 0.412 e. The van der Waals surface area contributed by atoms with Crippen LogP contribution >= 0.6 is 11.6 Å². The van der Waals surface area contributed by atoms with Gasteiger partial charge in [-0.1, -0.05) is 36.4 Å². The number of anilines is 3. The highest BCUT2D eigenvalue weighted by Gasteiger charge is 2.19. The predicted molar refractivity (Wildman–Crippen MR) is 129 cm³/mol. The molecule has 0 aliphatic rings. The Morgan fingerprint density at radius 2 is 1.73 bits per heavy atom. The number of halogens is 1. The molecule has 1 heterocycles. The van der Waals surface area contributed by atoms with Crippen LogP contribution in [-0.4, -0.2) is 27.6 Å². The predicted octanol–water partition coefficient (Wildman–Crippen LogP) is 5.71. The number of hydrogen-bond acceptors (Lipinski definition) is 6. The Bertz CT molecular complexity index is 1130. The van der Waals surface area contributed by atoms with Crippen LogP contribution in [0.3, 0.4) is 0 Å². The number of nitrogens with zero attached hydrogens (tertiary/aromatic N) is 2. The molecule has 0 aliphatic carbocycles. The summed E-state index contributed by atoms with van der Waals surface area (Å²) in [6.45, 7) is 7.25. The molecule has 3 aromatic rings. The van der Waals surface area contributed by atoms with E-state index in [1.54, 1.807) is 45.0 Å². The van der Waals surface area contributed by atoms with Crippen LogP contribution < -0.4 is 16.0 Å². The maximum absolute atomic E-state index is 12.9. The van der Waals surface area contributed by atoms with Crippen LogP contribution in [0.2, 0.25) is 5.28 Å². The largest absolute Gasteiger partial charge is 0.444 e. The Morgan fingerprint density at radius 1 is 1.03 bits per heavy atom. The Labute approximate surface area is 197 Å². The number of hydrogen-bond donors (Lipinski definition) is 3. The van der Waals surface area contributed by atoms with E-state index in [-0.39, 0.29) is 28.6 Å². The summed E-state index contributed by atoms with van der Waals surface area (Å²) < 4.78 is 5.28. The van der Waals surface area contributed by atoms with Gasteiger partial charge in [0.2, 0.25) is 5.28 Å². The van der Waals surface area contributed by atoms with Crippen molar-refractivity contribution in [3.05, 3.63) is 77.2 Å². The van der Waals surface area contributed by atoms with Crippen molar-refractivity contribution < 1.29 is 14.3 Å². The van der Waals surface area contributed by atoms with Crippen molar-refractivity contribution in [1.29, 1.82) is 0 Å². The number of amides is 2. The number of aromatic nitrogens is 2. The van der Waals surface area contributed by atoms with Crippen molar-refractivity contribution in [3.63, 3.8) is 0 Å². The van der Waals surface area contributed by atoms with Crippen LogP contribution in [-0.2, 0) is 4.74 Å². The fourth-order valence-corrected chi connectivity index (χ4v) is 3.09. The minimum absolute atomic E-state index is 0.00630. The van der Waals surface area contributed by atoms with Gasteiger partial charge in [-0.05, 0) is 63.1 Å². The number of carbonyl (C=O) groups excluding carboxylic acids is 2. The summed E-state index contributed by atoms with van der Waals surface area (Å²) >= 11 is 5.98. The van der Waals surface area contributed by atoms with Gasteiger partial charge in [0.05, 0.1) is 6.04 Å². The summed E-state index contributed by atoms with van der Waals surface area (Å²) in [7, 11) is 0. The molecule has 8 nitrogen and oxygen atoms in total. The Morgan fingerprint density at radius 3 is 2.42 bits per heavy atom. The van der Waals surface area contributed by atoms with E-state index in [4.69, 9.17) is 16.3 Å². The zero-order valence-electron chi connectivity index (χ0n) is 18.8. The topological polar surface area (TPSA) is 105 Å². The summed E-state index contributed by atoms with van der Waals surface area (Å²) in [6.07, 6.45) is 0.799. The first-order valence-electron chi connectivity index (χ1n) is 10.4. The molecule has 2 amide bonds. The van der Waals surface area contributed by atoms with Crippen molar-refractivity contribution in [2.45, 2.75) is 39.3 Å². The number of carbonyl (C=O) groups is 2. The Hall–Kier alpha value is -3.65. The van der Waals surface area contributed by atoms with Crippen molar-refractivity contribution in [3.8, 4) is 0 Å². The lowest BCUT2D eigenvalue weighted by atomic mass is 10.1. The molecule has 172 valence electrons. The van der Waals surface area contributed by atoms with Crippen LogP contribution in [0.1, 0.15) is 49.7 Å². The molecule has 0 saturated heterocycles. The van der Waals surface area contributed by atoms with Gasteiger partial charge < -0.3 is 15.4 Å². The molecular weight excluding hydrogens is 442 g/mol. The lowest BCUT2D eigenvalue weighted by Crippen LogP contribution is -2.27. The molecule has 2 aromatic carbocycles. The lowest BCUT2D eigenvalue weighted by molar-refractivity contribution is 0.0635. The van der Waals surface area contributed by atoms with Gasteiger partial charge in [-0.3, -0.25) is 10.1 Å². The smallest absolute Gasteiger partial charge is 0.412 e. The van der Waals surface area contributed by atoms with Gasteiger partial charge in [0.15, 0.2) is 0 Å². The molecule has 0 spiro atoms. The minimum atomic E-state index is -0.614. The molecule has 0 saturated carbocycles. The van der Waals surface area contributed by atoms with Crippen LogP contribution in [0.15, 0.2) is 60.8 Å². The average Bonchev–Trinajstić information content (AvgIpc) is 2.73. The van der Waals surface area contributed by atoms with Gasteiger partial charge in [-0.25, -0.2) is 9.78 Å². The van der Waals surface area contributed by atoms with Gasteiger partial charge in [0.25, 0.3) is 5.91 Å². The molecule has 3 rings (SSSR count). The van der Waals surface area contributed by atoms with E-state index in [9.17, 15) is 9.59 Å². The third kappa shape index (κ3) is 7.18. The number of rotatable bonds is 6. The summed E-state index contributed by atoms with van der Waals surface area (Å²) in [5, 5.41) is 8.69. The standard InChI is InChI=1S/C24H26ClN5O3/c1-15(16-9-6-5-7-10-16)27-21(31)19-14-26-22(25)30-20(19)28-17-11-8-12-18(13-17)29-23(32)33-24(2,3)4/h5-15H,1-4H3,(H,27,31)(H,29,32)(H,26,28,30). The van der Waals surface area contributed by atoms with E-state index in [0.29, 0.717) is 11.4 Å². The molecule has 1 unspecified atom stereocenters. The Balaban J connectivity index is 1.77. The highest BCUT2D eigenvalue weighted by molar-refractivity contribution is 6.28. The zero-order chi connectivity index (χ0) is 24.0. The molecule has 0 fully saturated rings. The van der Waals surface area contributed by atoms with Gasteiger partial charge in [-0.2, -0.15) is 4.98 Å². The second-order valence-electron chi connectivity index (χ2n) is 8.34. The van der Waals surface area contributed by atoms with Gasteiger partial charge >= 0.3 is 6.09 Å². The molecule has 1 atom stereocenters. The van der Waals surface area contributed by atoms with Gasteiger partial charge in [0.1, 0.15) is 17.0 Å². The van der Waals surface area contributed by atoms with Crippen LogP contribution in [0.5, 0.6) is 0 Å². The minimum Gasteiger partial charge on any atom is -0.444 e. The fourth-order valence-electron chi connectivity index (χ4n) is 2.95. The monoisotopic (exact) mass is 467 g/mol. The second-order valence-corrected chi connectivity index (χ2v) is 8.68. The quantitative estimate of drug-likeness (QED) is 0.401. The van der Waals surface area contributed by atoms with Crippen molar-refractivity contribution in [2.24, 2.45) is 0 Å². The molecule has 0 bridgehead atoms. The van der Waals surface area contributed by atoms with E-state index in [2.05, 4.69) is 25.9 Å². The highest BCUT2D eigenvalue weighted by atomic mass is 35.5. The molecular formula is C24H26ClN5O3. The first-order chi connectivity index (χ1) is 15.6. The normalized spacial score (nSPS) is 11.9. The highest BCUT2D eigenvalue weighted by Crippen LogP contribution is 2.24. The van der Waals surface area contributed by atoms with E-state index in [1.165, 1.54) is 6.20 Å². The molecule has 9 heteroatoms. The maximum atomic E-state index is 12.9. The average molecular weight is 468 g/mol. The van der Waals surface area contributed by atoms with Gasteiger partial charge in [0, 0.05) is 17.6 Å². The van der Waals surface area contributed by atoms with Crippen LogP contribution in [0.4, 0.5) is 22.0 Å². The van der Waals surface area contributed by atoms with Gasteiger partial charge in [-0.15, -0.1) is 0 Å². The number of nitrogens with one attached hydrogen (secondary N) is 3. The third-order valence-electron chi connectivity index (χ3n) is 4.42. The zero-order valence-corrected chi connectivity index (χ0v) is 19.6. The van der Waals surface area contributed by atoms with E-state index in [0.717, 1.165) is 5.56 Å².